The lowest BCUT2D eigenvalue weighted by atomic mass is 10.1. The van der Waals surface area contributed by atoms with E-state index in [1.54, 1.807) is 12.1 Å². The van der Waals surface area contributed by atoms with E-state index in [0.717, 1.165) is 46.5 Å². The van der Waals surface area contributed by atoms with Gasteiger partial charge in [0.25, 0.3) is 15.9 Å². The summed E-state index contributed by atoms with van der Waals surface area (Å²) < 4.78 is 59.2. The number of para-hydroxylation sites is 1. The fourth-order valence-corrected chi connectivity index (χ4v) is 5.33. The van der Waals surface area contributed by atoms with E-state index in [0.29, 0.717) is 5.69 Å². The van der Waals surface area contributed by atoms with Gasteiger partial charge in [-0.25, -0.2) is 17.2 Å². The number of nitrogens with zero attached hydrogens (tertiary/aromatic N) is 1. The number of sulfonamides is 1. The number of amides is 1. The van der Waals surface area contributed by atoms with E-state index in [9.17, 15) is 22.0 Å². The van der Waals surface area contributed by atoms with Crippen LogP contribution < -0.4 is 10.0 Å². The molecule has 5 rings (SSSR count). The minimum Gasteiger partial charge on any atom is -0.341 e. The van der Waals surface area contributed by atoms with E-state index in [1.165, 1.54) is 24.3 Å². The Morgan fingerprint density at radius 2 is 1.56 bits per heavy atom. The van der Waals surface area contributed by atoms with Crippen molar-refractivity contribution in [2.24, 2.45) is 0 Å². The normalized spacial score (nSPS) is 11.6. The van der Waals surface area contributed by atoms with Crippen LogP contribution in [-0.4, -0.2) is 18.9 Å². The second-order valence-corrected chi connectivity index (χ2v) is 9.86. The molecule has 9 heteroatoms. The topological polar surface area (TPSA) is 80.2 Å². The minimum atomic E-state index is -4.13. The van der Waals surface area contributed by atoms with Gasteiger partial charge in [-0.15, -0.1) is 0 Å². The Labute approximate surface area is 206 Å². The van der Waals surface area contributed by atoms with Crippen LogP contribution in [0.5, 0.6) is 0 Å². The Morgan fingerprint density at radius 3 is 2.31 bits per heavy atom. The van der Waals surface area contributed by atoms with Crippen molar-refractivity contribution in [3.63, 3.8) is 0 Å². The molecule has 182 valence electrons. The minimum absolute atomic E-state index is 0.255. The first kappa shape index (κ1) is 23.5. The number of anilines is 2. The molecule has 0 aliphatic carbocycles. The summed E-state index contributed by atoms with van der Waals surface area (Å²) in [6.07, 6.45) is 0. The Hall–Kier alpha value is -4.24. The standard InChI is InChI=1S/C27H21F2N3O3S/c1-2-32-25-10-6-4-7-19(25)21-15-17(11-14-26(21)32)31-36(34,35)18-12-13-24(23(29)16-18)30-27(33)20-8-3-5-9-22(20)28/h3-16,31H,2H2,1H3,(H,30,33). The van der Waals surface area contributed by atoms with Crippen LogP contribution in [0.1, 0.15) is 17.3 Å². The quantitative estimate of drug-likeness (QED) is 0.291. The number of carbonyl (C=O) groups is 1. The summed E-state index contributed by atoms with van der Waals surface area (Å²) >= 11 is 0. The molecular weight excluding hydrogens is 484 g/mol. The molecule has 2 N–H and O–H groups in total. The lowest BCUT2D eigenvalue weighted by Gasteiger charge is -2.11. The molecule has 6 nitrogen and oxygen atoms in total. The molecule has 0 atom stereocenters. The van der Waals surface area contributed by atoms with E-state index >= 15 is 0 Å². The highest BCUT2D eigenvalue weighted by molar-refractivity contribution is 7.92. The third-order valence-electron chi connectivity index (χ3n) is 5.96. The predicted octanol–water partition coefficient (Wildman–Crippen LogP) is 6.15. The van der Waals surface area contributed by atoms with Crippen molar-refractivity contribution < 1.29 is 22.0 Å². The number of aryl methyl sites for hydroxylation is 1. The number of hydrogen-bond acceptors (Lipinski definition) is 3. The second kappa shape index (κ2) is 9.09. The van der Waals surface area contributed by atoms with Crippen molar-refractivity contribution in [2.45, 2.75) is 18.4 Å². The Balaban J connectivity index is 1.42. The van der Waals surface area contributed by atoms with Crippen molar-refractivity contribution >= 4 is 49.1 Å². The first-order valence-electron chi connectivity index (χ1n) is 11.2. The molecule has 0 aliphatic rings. The maximum atomic E-state index is 14.7. The molecule has 0 saturated heterocycles. The SMILES string of the molecule is CCn1c2ccccc2c2cc(NS(=O)(=O)c3ccc(NC(=O)c4ccccc4F)c(F)c3)ccc21. The van der Waals surface area contributed by atoms with Crippen LogP contribution >= 0.6 is 0 Å². The molecule has 0 unspecified atom stereocenters. The molecule has 0 aliphatic heterocycles. The summed E-state index contributed by atoms with van der Waals surface area (Å²) in [5, 5.41) is 4.16. The van der Waals surface area contributed by atoms with Crippen LogP contribution in [0.25, 0.3) is 21.8 Å². The van der Waals surface area contributed by atoms with Gasteiger partial charge in [-0.3, -0.25) is 9.52 Å². The molecular formula is C27H21F2N3O3S. The molecule has 0 saturated carbocycles. The average Bonchev–Trinajstić information content (AvgIpc) is 3.18. The molecule has 5 aromatic rings. The zero-order valence-electron chi connectivity index (χ0n) is 19.1. The van der Waals surface area contributed by atoms with Gasteiger partial charge in [0.1, 0.15) is 11.6 Å². The monoisotopic (exact) mass is 505 g/mol. The second-order valence-electron chi connectivity index (χ2n) is 8.17. The van der Waals surface area contributed by atoms with Gasteiger partial charge in [-0.1, -0.05) is 30.3 Å². The lowest BCUT2D eigenvalue weighted by molar-refractivity contribution is 0.102. The van der Waals surface area contributed by atoms with E-state index < -0.39 is 27.6 Å². The third-order valence-corrected chi connectivity index (χ3v) is 7.34. The number of carbonyl (C=O) groups excluding carboxylic acids is 1. The summed E-state index contributed by atoms with van der Waals surface area (Å²) in [4.78, 5) is 12.0. The predicted molar refractivity (Wildman–Crippen MR) is 137 cm³/mol. The molecule has 0 radical (unpaired) electrons. The summed E-state index contributed by atoms with van der Waals surface area (Å²) in [6, 6.07) is 21.5. The number of halogens is 2. The first-order chi connectivity index (χ1) is 17.3. The van der Waals surface area contributed by atoms with E-state index in [1.807, 2.05) is 37.3 Å². The maximum absolute atomic E-state index is 14.7. The highest BCUT2D eigenvalue weighted by atomic mass is 32.2. The lowest BCUT2D eigenvalue weighted by Crippen LogP contribution is -2.16. The van der Waals surface area contributed by atoms with Gasteiger partial charge >= 0.3 is 0 Å². The van der Waals surface area contributed by atoms with Gasteiger partial charge in [0, 0.05) is 34.0 Å². The fraction of sp³-hybridized carbons (Fsp3) is 0.0741. The van der Waals surface area contributed by atoms with Crippen LogP contribution in [0.4, 0.5) is 20.2 Å². The highest BCUT2D eigenvalue weighted by Crippen LogP contribution is 2.32. The number of hydrogen-bond donors (Lipinski definition) is 2. The zero-order chi connectivity index (χ0) is 25.4. The average molecular weight is 506 g/mol. The van der Waals surface area contributed by atoms with E-state index in [2.05, 4.69) is 14.6 Å². The summed E-state index contributed by atoms with van der Waals surface area (Å²) in [7, 11) is -4.13. The summed E-state index contributed by atoms with van der Waals surface area (Å²) in [6.45, 7) is 2.80. The van der Waals surface area contributed by atoms with Gasteiger partial charge in [-0.2, -0.15) is 0 Å². The smallest absolute Gasteiger partial charge is 0.261 e. The largest absolute Gasteiger partial charge is 0.341 e. The number of fused-ring (bicyclic) bond motifs is 3. The Bertz CT molecular complexity index is 1750. The first-order valence-corrected chi connectivity index (χ1v) is 12.7. The van der Waals surface area contributed by atoms with Gasteiger partial charge in [0.2, 0.25) is 0 Å². The maximum Gasteiger partial charge on any atom is 0.261 e. The van der Waals surface area contributed by atoms with Gasteiger partial charge in [-0.05, 0) is 61.5 Å². The van der Waals surface area contributed by atoms with Crippen LogP contribution in [0.15, 0.2) is 89.8 Å². The molecule has 0 spiro atoms. The molecule has 1 amide bonds. The van der Waals surface area contributed by atoms with Crippen molar-refractivity contribution in [1.29, 1.82) is 0 Å². The Morgan fingerprint density at radius 1 is 0.833 bits per heavy atom. The molecule has 1 aromatic heterocycles. The fourth-order valence-electron chi connectivity index (χ4n) is 4.27. The number of benzene rings is 4. The van der Waals surface area contributed by atoms with Crippen LogP contribution in [0.3, 0.4) is 0 Å². The van der Waals surface area contributed by atoms with Crippen molar-refractivity contribution in [2.75, 3.05) is 10.0 Å². The number of aromatic nitrogens is 1. The van der Waals surface area contributed by atoms with Crippen molar-refractivity contribution in [3.8, 4) is 0 Å². The Kier molecular flexibility index (Phi) is 5.93. The van der Waals surface area contributed by atoms with Crippen LogP contribution in [0.2, 0.25) is 0 Å². The van der Waals surface area contributed by atoms with E-state index in [4.69, 9.17) is 0 Å². The van der Waals surface area contributed by atoms with Crippen molar-refractivity contribution in [3.05, 3.63) is 102 Å². The van der Waals surface area contributed by atoms with Crippen molar-refractivity contribution in [1.82, 2.24) is 4.57 Å². The van der Waals surface area contributed by atoms with Crippen LogP contribution in [-0.2, 0) is 16.6 Å². The molecule has 0 fully saturated rings. The summed E-state index contributed by atoms with van der Waals surface area (Å²) in [5.41, 5.74) is 1.83. The molecule has 1 heterocycles. The number of rotatable bonds is 6. The number of nitrogens with one attached hydrogen (secondary N) is 2. The van der Waals surface area contributed by atoms with Gasteiger partial charge in [0.05, 0.1) is 16.1 Å². The molecule has 4 aromatic carbocycles. The molecule has 0 bridgehead atoms. The van der Waals surface area contributed by atoms with Crippen LogP contribution in [0, 0.1) is 11.6 Å². The zero-order valence-corrected chi connectivity index (χ0v) is 19.9. The molecule has 36 heavy (non-hydrogen) atoms. The summed E-state index contributed by atoms with van der Waals surface area (Å²) in [5.74, 6) is -2.57. The highest BCUT2D eigenvalue weighted by Gasteiger charge is 2.19. The van der Waals surface area contributed by atoms with Gasteiger partial charge < -0.3 is 9.88 Å². The van der Waals surface area contributed by atoms with Gasteiger partial charge in [0.15, 0.2) is 0 Å². The van der Waals surface area contributed by atoms with E-state index in [-0.39, 0.29) is 16.1 Å². The third kappa shape index (κ3) is 4.18.